The molecule has 2 aromatic heterocycles. The van der Waals surface area contributed by atoms with E-state index >= 15 is 0 Å². The minimum atomic E-state index is 0. The monoisotopic (exact) mass is 303 g/mol. The maximum absolute atomic E-state index is 5.90. The molecule has 0 spiro atoms. The quantitative estimate of drug-likeness (QED) is 0.943. The Morgan fingerprint density at radius 2 is 1.90 bits per heavy atom. The van der Waals surface area contributed by atoms with Crippen LogP contribution in [-0.4, -0.2) is 29.2 Å². The molecule has 1 saturated heterocycles. The summed E-state index contributed by atoms with van der Waals surface area (Å²) in [6.45, 7) is 1.94. The first-order valence-corrected chi connectivity index (χ1v) is 6.81. The molecule has 3 heterocycles. The highest BCUT2D eigenvalue weighted by molar-refractivity contribution is 5.85. The van der Waals surface area contributed by atoms with Gasteiger partial charge in [0, 0.05) is 25.1 Å². The third-order valence-electron chi connectivity index (χ3n) is 3.23. The van der Waals surface area contributed by atoms with Gasteiger partial charge in [-0.25, -0.2) is 0 Å². The highest BCUT2D eigenvalue weighted by Crippen LogP contribution is 2.17. The molecule has 5 heteroatoms. The zero-order valence-corrected chi connectivity index (χ0v) is 12.4. The Labute approximate surface area is 130 Å². The smallest absolute Gasteiger partial charge is 0.138 e. The predicted molar refractivity (Wildman–Crippen MR) is 86.6 cm³/mol. The van der Waals surface area contributed by atoms with Crippen LogP contribution in [0.4, 0.5) is 0 Å². The van der Waals surface area contributed by atoms with Crippen LogP contribution in [0.3, 0.4) is 0 Å². The standard InChI is InChI=1S/C16H17N3O.ClH/c1(13-3-6-17-7-4-13)2-14-9-16(12-19-10-14)20-15-5-8-18-11-15;/h1-4,6-7,9-10,12,15,18H,5,8,11H2;1H/b2-1+;/t15-;/m1./s1. The molecular formula is C16H18ClN3O. The van der Waals surface area contributed by atoms with E-state index < -0.39 is 0 Å². The second-order valence-electron chi connectivity index (χ2n) is 4.80. The number of nitrogens with zero attached hydrogens (tertiary/aromatic N) is 2. The highest BCUT2D eigenvalue weighted by atomic mass is 35.5. The van der Waals surface area contributed by atoms with Crippen LogP contribution in [0, 0.1) is 0 Å². The van der Waals surface area contributed by atoms with Gasteiger partial charge < -0.3 is 10.1 Å². The SMILES string of the molecule is C(=C\c1cncc(O[C@@H]2CCNC2)c1)/c1ccncc1.Cl. The van der Waals surface area contributed by atoms with Gasteiger partial charge in [0.1, 0.15) is 11.9 Å². The number of ether oxygens (including phenoxy) is 1. The number of halogens is 1. The summed E-state index contributed by atoms with van der Waals surface area (Å²) in [6.07, 6.45) is 12.5. The zero-order valence-electron chi connectivity index (χ0n) is 11.6. The van der Waals surface area contributed by atoms with E-state index in [1.807, 2.05) is 36.5 Å². The zero-order chi connectivity index (χ0) is 13.6. The lowest BCUT2D eigenvalue weighted by molar-refractivity contribution is 0.222. The Kier molecular flexibility index (Phi) is 5.72. The van der Waals surface area contributed by atoms with Gasteiger partial charge in [-0.05, 0) is 42.3 Å². The van der Waals surface area contributed by atoms with Crippen molar-refractivity contribution < 1.29 is 4.74 Å². The second-order valence-corrected chi connectivity index (χ2v) is 4.80. The third-order valence-corrected chi connectivity index (χ3v) is 3.23. The maximum atomic E-state index is 5.90. The molecule has 0 saturated carbocycles. The predicted octanol–water partition coefficient (Wildman–Crippen LogP) is 2.81. The van der Waals surface area contributed by atoms with E-state index in [0.717, 1.165) is 36.4 Å². The summed E-state index contributed by atoms with van der Waals surface area (Å²) in [4.78, 5) is 8.23. The van der Waals surface area contributed by atoms with E-state index in [0.29, 0.717) is 0 Å². The van der Waals surface area contributed by atoms with Crippen molar-refractivity contribution in [1.29, 1.82) is 0 Å². The van der Waals surface area contributed by atoms with Crippen LogP contribution in [0.2, 0.25) is 0 Å². The van der Waals surface area contributed by atoms with Crippen LogP contribution in [0.5, 0.6) is 5.75 Å². The van der Waals surface area contributed by atoms with Crippen LogP contribution >= 0.6 is 12.4 Å². The average Bonchev–Trinajstić information content (AvgIpc) is 3.00. The van der Waals surface area contributed by atoms with Gasteiger partial charge in [-0.15, -0.1) is 12.4 Å². The molecule has 0 radical (unpaired) electrons. The van der Waals surface area contributed by atoms with Crippen molar-refractivity contribution in [3.63, 3.8) is 0 Å². The first-order chi connectivity index (χ1) is 9.90. The molecule has 2 aromatic rings. The second kappa shape index (κ2) is 7.76. The van der Waals surface area contributed by atoms with Gasteiger partial charge in [-0.3, -0.25) is 9.97 Å². The van der Waals surface area contributed by atoms with Crippen LogP contribution in [0.1, 0.15) is 17.5 Å². The molecule has 3 rings (SSSR count). The van der Waals surface area contributed by atoms with E-state index in [-0.39, 0.29) is 18.5 Å². The van der Waals surface area contributed by atoms with Crippen LogP contribution < -0.4 is 10.1 Å². The fraction of sp³-hybridized carbons (Fsp3) is 0.250. The van der Waals surface area contributed by atoms with Crippen molar-refractivity contribution >= 4 is 24.6 Å². The molecule has 1 aliphatic rings. The molecule has 0 bridgehead atoms. The molecule has 0 aromatic carbocycles. The number of hydrogen-bond donors (Lipinski definition) is 1. The third kappa shape index (κ3) is 4.55. The topological polar surface area (TPSA) is 47.0 Å². The van der Waals surface area contributed by atoms with Gasteiger partial charge in [0.15, 0.2) is 0 Å². The Balaban J connectivity index is 0.00000161. The summed E-state index contributed by atoms with van der Waals surface area (Å²) in [6, 6.07) is 5.95. The minimum absolute atomic E-state index is 0. The van der Waals surface area contributed by atoms with Gasteiger partial charge in [0.25, 0.3) is 0 Å². The maximum Gasteiger partial charge on any atom is 0.138 e. The Morgan fingerprint density at radius 3 is 2.67 bits per heavy atom. The van der Waals surface area contributed by atoms with Gasteiger partial charge in [0.2, 0.25) is 0 Å². The van der Waals surface area contributed by atoms with E-state index in [1.54, 1.807) is 18.6 Å². The molecule has 21 heavy (non-hydrogen) atoms. The summed E-state index contributed by atoms with van der Waals surface area (Å²) in [7, 11) is 0. The van der Waals surface area contributed by atoms with Crippen LogP contribution in [-0.2, 0) is 0 Å². The average molecular weight is 304 g/mol. The van der Waals surface area contributed by atoms with Gasteiger partial charge >= 0.3 is 0 Å². The number of rotatable bonds is 4. The summed E-state index contributed by atoms with van der Waals surface area (Å²) >= 11 is 0. The molecule has 110 valence electrons. The molecule has 4 nitrogen and oxygen atoms in total. The summed E-state index contributed by atoms with van der Waals surface area (Å²) in [5, 5.41) is 3.29. The number of nitrogens with one attached hydrogen (secondary N) is 1. The Bertz CT molecular complexity index is 583. The first kappa shape index (κ1) is 15.5. The molecule has 1 aliphatic heterocycles. The van der Waals surface area contributed by atoms with Crippen molar-refractivity contribution in [2.24, 2.45) is 0 Å². The Morgan fingerprint density at radius 1 is 1.10 bits per heavy atom. The fourth-order valence-electron chi connectivity index (χ4n) is 2.18. The minimum Gasteiger partial charge on any atom is -0.487 e. The molecule has 1 atom stereocenters. The number of pyridine rings is 2. The molecule has 1 N–H and O–H groups in total. The van der Waals surface area contributed by atoms with Gasteiger partial charge in [0.05, 0.1) is 6.20 Å². The molecular weight excluding hydrogens is 286 g/mol. The molecule has 0 unspecified atom stereocenters. The molecule has 0 amide bonds. The lowest BCUT2D eigenvalue weighted by Crippen LogP contribution is -2.19. The van der Waals surface area contributed by atoms with E-state index in [1.165, 1.54) is 0 Å². The van der Waals surface area contributed by atoms with Gasteiger partial charge in [-0.2, -0.15) is 0 Å². The molecule has 1 fully saturated rings. The highest BCUT2D eigenvalue weighted by Gasteiger charge is 2.15. The normalized spacial score (nSPS) is 17.6. The van der Waals surface area contributed by atoms with Crippen molar-refractivity contribution in [1.82, 2.24) is 15.3 Å². The Hall–Kier alpha value is -1.91. The van der Waals surface area contributed by atoms with Crippen molar-refractivity contribution in [2.75, 3.05) is 13.1 Å². The summed E-state index contributed by atoms with van der Waals surface area (Å²) in [5.41, 5.74) is 2.15. The number of aromatic nitrogens is 2. The largest absolute Gasteiger partial charge is 0.487 e. The van der Waals surface area contributed by atoms with Gasteiger partial charge in [-0.1, -0.05) is 12.2 Å². The lowest BCUT2D eigenvalue weighted by Gasteiger charge is -2.12. The van der Waals surface area contributed by atoms with Crippen molar-refractivity contribution in [3.05, 3.63) is 54.1 Å². The van der Waals surface area contributed by atoms with E-state index in [9.17, 15) is 0 Å². The van der Waals surface area contributed by atoms with E-state index in [4.69, 9.17) is 4.74 Å². The van der Waals surface area contributed by atoms with Crippen LogP contribution in [0.15, 0.2) is 43.0 Å². The summed E-state index contributed by atoms with van der Waals surface area (Å²) in [5.74, 6) is 0.829. The van der Waals surface area contributed by atoms with Crippen molar-refractivity contribution in [3.8, 4) is 5.75 Å². The van der Waals surface area contributed by atoms with Crippen LogP contribution in [0.25, 0.3) is 12.2 Å². The lowest BCUT2D eigenvalue weighted by atomic mass is 10.2. The fourth-order valence-corrected chi connectivity index (χ4v) is 2.18. The number of hydrogen-bond acceptors (Lipinski definition) is 4. The van der Waals surface area contributed by atoms with E-state index in [2.05, 4.69) is 15.3 Å². The van der Waals surface area contributed by atoms with Crippen molar-refractivity contribution in [2.45, 2.75) is 12.5 Å². The summed E-state index contributed by atoms with van der Waals surface area (Å²) < 4.78 is 5.90. The first-order valence-electron chi connectivity index (χ1n) is 6.81. The molecule has 0 aliphatic carbocycles.